The molecule has 0 bridgehead atoms. The van der Waals surface area contributed by atoms with Crippen LogP contribution in [0, 0.1) is 0 Å². The standard InChI is InChI=1S/C13H22O3SSi/c1-12(2,3)18-16-13(4,5)10-8-7-9(17-10)11(14)15-6/h7-8H,18H2,1-6H3. The number of carbonyl (C=O) groups is 1. The van der Waals surface area contributed by atoms with Crippen LogP contribution in [0.1, 0.15) is 49.2 Å². The zero-order valence-electron chi connectivity index (χ0n) is 12.0. The molecule has 102 valence electrons. The molecule has 0 N–H and O–H groups in total. The third-order valence-corrected chi connectivity index (χ3v) is 5.55. The van der Waals surface area contributed by atoms with Gasteiger partial charge in [0.15, 0.2) is 9.76 Å². The molecule has 0 aliphatic rings. The zero-order chi connectivity index (χ0) is 14.0. The van der Waals surface area contributed by atoms with E-state index in [9.17, 15) is 4.79 Å². The maximum Gasteiger partial charge on any atom is 0.348 e. The van der Waals surface area contributed by atoms with E-state index in [-0.39, 0.29) is 16.6 Å². The molecule has 0 aliphatic heterocycles. The molecule has 0 saturated carbocycles. The summed E-state index contributed by atoms with van der Waals surface area (Å²) >= 11 is 1.45. The van der Waals surface area contributed by atoms with Crippen molar-refractivity contribution in [1.82, 2.24) is 0 Å². The monoisotopic (exact) mass is 286 g/mol. The Balaban J connectivity index is 2.79. The van der Waals surface area contributed by atoms with Crippen molar-refractivity contribution < 1.29 is 14.0 Å². The van der Waals surface area contributed by atoms with Crippen molar-refractivity contribution in [3.63, 3.8) is 0 Å². The largest absolute Gasteiger partial charge is 0.465 e. The Morgan fingerprint density at radius 1 is 1.22 bits per heavy atom. The molecular formula is C13H22O3SSi. The summed E-state index contributed by atoms with van der Waals surface area (Å²) in [5.74, 6) is -0.282. The first-order valence-corrected chi connectivity index (χ1v) is 8.08. The van der Waals surface area contributed by atoms with Crippen molar-refractivity contribution >= 4 is 27.1 Å². The molecule has 1 rings (SSSR count). The van der Waals surface area contributed by atoms with Gasteiger partial charge in [-0.25, -0.2) is 4.79 Å². The van der Waals surface area contributed by atoms with Crippen LogP contribution in [-0.2, 0) is 14.8 Å². The second-order valence-corrected chi connectivity index (χ2v) is 9.80. The van der Waals surface area contributed by atoms with Gasteiger partial charge >= 0.3 is 5.97 Å². The van der Waals surface area contributed by atoms with Gasteiger partial charge in [0.25, 0.3) is 0 Å². The fourth-order valence-corrected chi connectivity index (χ4v) is 3.37. The third-order valence-electron chi connectivity index (χ3n) is 2.45. The van der Waals surface area contributed by atoms with E-state index >= 15 is 0 Å². The molecule has 0 fully saturated rings. The number of hydrogen-bond donors (Lipinski definition) is 0. The predicted molar refractivity (Wildman–Crippen MR) is 78.0 cm³/mol. The lowest BCUT2D eigenvalue weighted by molar-refractivity contribution is 0.0606. The van der Waals surface area contributed by atoms with Crippen molar-refractivity contribution in [3.05, 3.63) is 21.9 Å². The Bertz CT molecular complexity index is 418. The lowest BCUT2D eigenvalue weighted by Crippen LogP contribution is -2.26. The van der Waals surface area contributed by atoms with Gasteiger partial charge in [-0.15, -0.1) is 11.3 Å². The minimum absolute atomic E-state index is 0.264. The molecule has 0 spiro atoms. The van der Waals surface area contributed by atoms with Crippen LogP contribution in [0.15, 0.2) is 12.1 Å². The molecule has 0 aliphatic carbocycles. The lowest BCUT2D eigenvalue weighted by Gasteiger charge is -2.29. The molecule has 3 nitrogen and oxygen atoms in total. The molecule has 0 amide bonds. The first kappa shape index (κ1) is 15.4. The summed E-state index contributed by atoms with van der Waals surface area (Å²) in [6.45, 7) is 10.7. The molecule has 0 radical (unpaired) electrons. The first-order valence-electron chi connectivity index (χ1n) is 5.98. The van der Waals surface area contributed by atoms with E-state index in [0.717, 1.165) is 4.88 Å². The maximum atomic E-state index is 11.4. The van der Waals surface area contributed by atoms with Gasteiger partial charge in [-0.3, -0.25) is 0 Å². The molecule has 18 heavy (non-hydrogen) atoms. The van der Waals surface area contributed by atoms with Crippen molar-refractivity contribution in [3.8, 4) is 0 Å². The van der Waals surface area contributed by atoms with E-state index in [4.69, 9.17) is 9.16 Å². The summed E-state index contributed by atoms with van der Waals surface area (Å²) in [6.07, 6.45) is 0. The molecule has 0 atom stereocenters. The van der Waals surface area contributed by atoms with Crippen LogP contribution in [0.3, 0.4) is 0 Å². The van der Waals surface area contributed by atoms with Gasteiger partial charge in [0.1, 0.15) is 4.88 Å². The highest BCUT2D eigenvalue weighted by Crippen LogP contribution is 2.33. The van der Waals surface area contributed by atoms with Gasteiger partial charge in [0.2, 0.25) is 0 Å². The number of ether oxygens (including phenoxy) is 1. The van der Waals surface area contributed by atoms with Gasteiger partial charge in [0, 0.05) is 4.88 Å². The molecular weight excluding hydrogens is 264 g/mol. The SMILES string of the molecule is COC(=O)c1ccc(C(C)(C)O[SiH2]C(C)(C)C)s1. The van der Waals surface area contributed by atoms with Crippen LogP contribution in [0.2, 0.25) is 5.04 Å². The van der Waals surface area contributed by atoms with E-state index in [2.05, 4.69) is 34.6 Å². The quantitative estimate of drug-likeness (QED) is 0.630. The van der Waals surface area contributed by atoms with E-state index < -0.39 is 9.76 Å². The Labute approximate surface area is 115 Å². The van der Waals surface area contributed by atoms with E-state index in [0.29, 0.717) is 4.88 Å². The summed E-state index contributed by atoms with van der Waals surface area (Å²) in [7, 11) is 0.775. The summed E-state index contributed by atoms with van der Waals surface area (Å²) < 4.78 is 10.8. The van der Waals surface area contributed by atoms with Crippen LogP contribution < -0.4 is 0 Å². The van der Waals surface area contributed by atoms with Gasteiger partial charge in [-0.2, -0.15) is 0 Å². The fourth-order valence-electron chi connectivity index (χ4n) is 1.34. The smallest absolute Gasteiger partial charge is 0.348 e. The van der Waals surface area contributed by atoms with Gasteiger partial charge < -0.3 is 9.16 Å². The molecule has 1 aromatic heterocycles. The van der Waals surface area contributed by atoms with E-state index in [1.165, 1.54) is 18.4 Å². The Hall–Kier alpha value is -0.653. The van der Waals surface area contributed by atoms with E-state index in [1.807, 2.05) is 6.07 Å². The maximum absolute atomic E-state index is 11.4. The second kappa shape index (κ2) is 5.55. The molecule has 1 aromatic rings. The highest BCUT2D eigenvalue weighted by atomic mass is 32.1. The normalized spacial score (nSPS) is 13.2. The Kier molecular flexibility index (Phi) is 4.75. The van der Waals surface area contributed by atoms with Gasteiger partial charge in [-0.05, 0) is 31.0 Å². The molecule has 5 heteroatoms. The number of methoxy groups -OCH3 is 1. The fraction of sp³-hybridized carbons (Fsp3) is 0.615. The Morgan fingerprint density at radius 2 is 1.83 bits per heavy atom. The average molecular weight is 286 g/mol. The van der Waals surface area contributed by atoms with Gasteiger partial charge in [-0.1, -0.05) is 20.8 Å². The molecule has 1 heterocycles. The minimum atomic E-state index is -0.623. The number of hydrogen-bond acceptors (Lipinski definition) is 4. The van der Waals surface area contributed by atoms with Crippen molar-refractivity contribution in [2.24, 2.45) is 0 Å². The average Bonchev–Trinajstić information content (AvgIpc) is 2.74. The summed E-state index contributed by atoms with van der Waals surface area (Å²) in [4.78, 5) is 13.1. The number of thiophene rings is 1. The summed E-state index contributed by atoms with van der Waals surface area (Å²) in [6, 6.07) is 3.75. The van der Waals surface area contributed by atoms with Crippen LogP contribution in [0.25, 0.3) is 0 Å². The minimum Gasteiger partial charge on any atom is -0.465 e. The number of rotatable bonds is 4. The molecule has 0 saturated heterocycles. The van der Waals surface area contributed by atoms with Crippen LogP contribution >= 0.6 is 11.3 Å². The van der Waals surface area contributed by atoms with Crippen molar-refractivity contribution in [1.29, 1.82) is 0 Å². The second-order valence-electron chi connectivity index (χ2n) is 6.02. The third kappa shape index (κ3) is 4.22. The number of carbonyl (C=O) groups excluding carboxylic acids is 1. The number of esters is 1. The van der Waals surface area contributed by atoms with E-state index in [1.54, 1.807) is 6.07 Å². The lowest BCUT2D eigenvalue weighted by atomic mass is 10.1. The van der Waals surface area contributed by atoms with Crippen molar-refractivity contribution in [2.75, 3.05) is 7.11 Å². The molecule has 0 unspecified atom stereocenters. The van der Waals surface area contributed by atoms with Crippen LogP contribution in [0.5, 0.6) is 0 Å². The first-order chi connectivity index (χ1) is 8.15. The van der Waals surface area contributed by atoms with Crippen LogP contribution in [-0.4, -0.2) is 22.8 Å². The predicted octanol–water partition coefficient (Wildman–Crippen LogP) is 3.09. The summed E-state index contributed by atoms with van der Waals surface area (Å²) in [5.41, 5.74) is -0.323. The van der Waals surface area contributed by atoms with Gasteiger partial charge in [0.05, 0.1) is 12.7 Å². The highest BCUT2D eigenvalue weighted by Gasteiger charge is 2.26. The topological polar surface area (TPSA) is 35.5 Å². The Morgan fingerprint density at radius 3 is 2.33 bits per heavy atom. The van der Waals surface area contributed by atoms with Crippen LogP contribution in [0.4, 0.5) is 0 Å². The summed E-state index contributed by atoms with van der Waals surface area (Å²) in [5, 5.41) is 0.264. The molecule has 0 aromatic carbocycles. The zero-order valence-corrected chi connectivity index (χ0v) is 14.2. The van der Waals surface area contributed by atoms with Crippen molar-refractivity contribution in [2.45, 2.75) is 45.3 Å². The highest BCUT2D eigenvalue weighted by molar-refractivity contribution is 7.14.